The molecule has 0 spiro atoms. The number of halogens is 3. The molecule has 0 radical (unpaired) electrons. The molecule has 13 heteroatoms. The van der Waals surface area contributed by atoms with Crippen molar-refractivity contribution in [1.29, 1.82) is 0 Å². The summed E-state index contributed by atoms with van der Waals surface area (Å²) in [6, 6.07) is 0. The van der Waals surface area contributed by atoms with Gasteiger partial charge in [0, 0.05) is 4.88 Å². The molecule has 2 aromatic rings. The number of fused-ring (bicyclic) bond motifs is 1. The molecule has 0 unspecified atom stereocenters. The number of amides is 1. The number of nitrogen functional groups attached to an aromatic ring is 1. The summed E-state index contributed by atoms with van der Waals surface area (Å²) in [6.07, 6.45) is -1.23. The van der Waals surface area contributed by atoms with Gasteiger partial charge in [0.1, 0.15) is 5.00 Å². The van der Waals surface area contributed by atoms with Gasteiger partial charge in [-0.05, 0) is 31.2 Å². The van der Waals surface area contributed by atoms with E-state index in [1.807, 2.05) is 0 Å². The Hall–Kier alpha value is -2.28. The van der Waals surface area contributed by atoms with Crippen LogP contribution in [0.4, 0.5) is 18.2 Å². The Bertz CT molecular complexity index is 910. The molecule has 0 atom stereocenters. The zero-order valence-electron chi connectivity index (χ0n) is 14.6. The van der Waals surface area contributed by atoms with Crippen molar-refractivity contribution < 1.29 is 27.5 Å². The number of thiophene rings is 1. The molecule has 2 heterocycles. The second kappa shape index (κ2) is 7.99. The minimum atomic E-state index is -4.74. The van der Waals surface area contributed by atoms with Gasteiger partial charge in [0.25, 0.3) is 5.82 Å². The molecular formula is C15H16F3N5O3S2. The molecule has 1 amide bonds. The number of nitrogens with two attached hydrogens (primary N) is 1. The van der Waals surface area contributed by atoms with Crippen molar-refractivity contribution in [2.24, 2.45) is 0 Å². The van der Waals surface area contributed by atoms with Crippen LogP contribution in [-0.2, 0) is 28.5 Å². The Balaban J connectivity index is 1.71. The van der Waals surface area contributed by atoms with E-state index in [0.29, 0.717) is 27.0 Å². The lowest BCUT2D eigenvalue weighted by molar-refractivity contribution is -0.146. The van der Waals surface area contributed by atoms with Gasteiger partial charge in [-0.2, -0.15) is 13.2 Å². The van der Waals surface area contributed by atoms with E-state index in [1.54, 1.807) is 0 Å². The van der Waals surface area contributed by atoms with E-state index in [0.717, 1.165) is 36.1 Å². The highest BCUT2D eigenvalue weighted by atomic mass is 32.2. The van der Waals surface area contributed by atoms with Crippen LogP contribution in [0, 0.1) is 0 Å². The standard InChI is InChI=1S/C15H16F3N5O3S2/c1-26-12(25)10-7-4-2-3-5-8(7)28-11(10)20-9(24)6-27-14-22-21-13(23(14)19)15(16,17)18/h2-6,19H2,1H3,(H,20,24). The highest BCUT2D eigenvalue weighted by Gasteiger charge is 2.38. The van der Waals surface area contributed by atoms with Gasteiger partial charge < -0.3 is 15.9 Å². The Morgan fingerprint density at radius 2 is 2.04 bits per heavy atom. The highest BCUT2D eigenvalue weighted by molar-refractivity contribution is 7.99. The number of nitrogens with zero attached hydrogens (tertiary/aromatic N) is 3. The number of hydrogen-bond donors (Lipinski definition) is 2. The van der Waals surface area contributed by atoms with Gasteiger partial charge in [0.2, 0.25) is 11.1 Å². The van der Waals surface area contributed by atoms with Gasteiger partial charge in [-0.25, -0.2) is 9.47 Å². The second-order valence-electron chi connectivity index (χ2n) is 5.92. The van der Waals surface area contributed by atoms with E-state index in [2.05, 4.69) is 15.5 Å². The zero-order chi connectivity index (χ0) is 20.5. The fourth-order valence-corrected chi connectivity index (χ4v) is 4.78. The summed E-state index contributed by atoms with van der Waals surface area (Å²) < 4.78 is 43.2. The Kier molecular flexibility index (Phi) is 5.84. The number of hydrogen-bond acceptors (Lipinski definition) is 8. The molecule has 2 aromatic heterocycles. The second-order valence-corrected chi connectivity index (χ2v) is 7.97. The Labute approximate surface area is 165 Å². The summed E-state index contributed by atoms with van der Waals surface area (Å²) in [4.78, 5) is 25.5. The van der Waals surface area contributed by atoms with Crippen LogP contribution < -0.4 is 11.2 Å². The number of ether oxygens (including phenoxy) is 1. The number of thioether (sulfide) groups is 1. The molecule has 28 heavy (non-hydrogen) atoms. The normalized spacial score (nSPS) is 13.9. The van der Waals surface area contributed by atoms with Crippen molar-refractivity contribution in [1.82, 2.24) is 14.9 Å². The number of aromatic nitrogens is 3. The van der Waals surface area contributed by atoms with E-state index in [4.69, 9.17) is 10.6 Å². The van der Waals surface area contributed by atoms with Crippen LogP contribution >= 0.6 is 23.1 Å². The van der Waals surface area contributed by atoms with Gasteiger partial charge in [0.05, 0.1) is 18.4 Å². The number of aryl methyl sites for hydroxylation is 1. The average molecular weight is 435 g/mol. The number of anilines is 1. The third-order valence-corrected chi connectivity index (χ3v) is 6.21. The van der Waals surface area contributed by atoms with Crippen LogP contribution in [0.2, 0.25) is 0 Å². The summed E-state index contributed by atoms with van der Waals surface area (Å²) in [7, 11) is 1.27. The predicted molar refractivity (Wildman–Crippen MR) is 96.8 cm³/mol. The minimum absolute atomic E-state index is 0.249. The van der Waals surface area contributed by atoms with Gasteiger partial charge in [0.15, 0.2) is 0 Å². The van der Waals surface area contributed by atoms with E-state index < -0.39 is 23.9 Å². The first kappa shape index (κ1) is 20.5. The monoisotopic (exact) mass is 435 g/mol. The van der Waals surface area contributed by atoms with Crippen LogP contribution in [-0.4, -0.2) is 39.6 Å². The molecule has 0 aromatic carbocycles. The summed E-state index contributed by atoms with van der Waals surface area (Å²) in [5.74, 6) is 2.69. The number of carbonyl (C=O) groups excluding carboxylic acids is 2. The third kappa shape index (κ3) is 4.09. The predicted octanol–water partition coefficient (Wildman–Crippen LogP) is 2.47. The number of methoxy groups -OCH3 is 1. The molecule has 152 valence electrons. The van der Waals surface area contributed by atoms with Gasteiger partial charge in [-0.3, -0.25) is 4.79 Å². The van der Waals surface area contributed by atoms with E-state index in [9.17, 15) is 22.8 Å². The lowest BCUT2D eigenvalue weighted by Gasteiger charge is -2.11. The number of nitrogens with one attached hydrogen (secondary N) is 1. The minimum Gasteiger partial charge on any atom is -0.465 e. The van der Waals surface area contributed by atoms with Crippen molar-refractivity contribution in [2.45, 2.75) is 37.0 Å². The first-order valence-electron chi connectivity index (χ1n) is 8.15. The molecular weight excluding hydrogens is 419 g/mol. The number of esters is 1. The molecule has 0 aliphatic heterocycles. The molecule has 1 aliphatic carbocycles. The summed E-state index contributed by atoms with van der Waals surface area (Å²) >= 11 is 2.02. The number of rotatable bonds is 5. The molecule has 3 N–H and O–H groups in total. The first-order valence-corrected chi connectivity index (χ1v) is 9.95. The van der Waals surface area contributed by atoms with Crippen LogP contribution in [0.3, 0.4) is 0 Å². The lowest BCUT2D eigenvalue weighted by Crippen LogP contribution is -2.22. The topological polar surface area (TPSA) is 112 Å². The SMILES string of the molecule is COC(=O)c1c(NC(=O)CSc2nnc(C(F)(F)F)n2N)sc2c1CCCC2. The zero-order valence-corrected chi connectivity index (χ0v) is 16.3. The van der Waals surface area contributed by atoms with E-state index in [1.165, 1.54) is 18.4 Å². The largest absolute Gasteiger partial charge is 0.465 e. The number of carbonyl (C=O) groups is 2. The first-order chi connectivity index (χ1) is 13.2. The smallest absolute Gasteiger partial charge is 0.453 e. The fraction of sp³-hybridized carbons (Fsp3) is 0.467. The van der Waals surface area contributed by atoms with Gasteiger partial charge in [-0.1, -0.05) is 11.8 Å². The summed E-state index contributed by atoms with van der Waals surface area (Å²) in [5, 5.41) is 9.13. The van der Waals surface area contributed by atoms with Crippen molar-refractivity contribution in [3.8, 4) is 0 Å². The Morgan fingerprint density at radius 3 is 2.68 bits per heavy atom. The van der Waals surface area contributed by atoms with Gasteiger partial charge in [-0.15, -0.1) is 21.5 Å². The molecule has 1 aliphatic rings. The molecule has 0 saturated carbocycles. The maximum Gasteiger partial charge on any atom is 0.453 e. The summed E-state index contributed by atoms with van der Waals surface area (Å²) in [6.45, 7) is 0. The average Bonchev–Trinajstić information content (AvgIpc) is 3.19. The van der Waals surface area contributed by atoms with Crippen molar-refractivity contribution in [2.75, 3.05) is 24.0 Å². The quantitative estimate of drug-likeness (QED) is 0.421. The van der Waals surface area contributed by atoms with Crippen molar-refractivity contribution >= 4 is 40.0 Å². The molecule has 0 fully saturated rings. The van der Waals surface area contributed by atoms with Crippen molar-refractivity contribution in [3.05, 3.63) is 21.8 Å². The van der Waals surface area contributed by atoms with Crippen LogP contribution in [0.5, 0.6) is 0 Å². The molecule has 0 saturated heterocycles. The summed E-state index contributed by atoms with van der Waals surface area (Å²) in [5.41, 5.74) is 1.24. The van der Waals surface area contributed by atoms with Crippen molar-refractivity contribution in [3.63, 3.8) is 0 Å². The van der Waals surface area contributed by atoms with Gasteiger partial charge >= 0.3 is 12.1 Å². The van der Waals surface area contributed by atoms with E-state index in [-0.39, 0.29) is 10.9 Å². The molecule has 0 bridgehead atoms. The maximum absolute atomic E-state index is 12.7. The van der Waals surface area contributed by atoms with Crippen LogP contribution in [0.1, 0.15) is 39.5 Å². The molecule has 3 rings (SSSR count). The van der Waals surface area contributed by atoms with E-state index >= 15 is 0 Å². The molecule has 8 nitrogen and oxygen atoms in total. The maximum atomic E-state index is 12.7. The van der Waals surface area contributed by atoms with Crippen LogP contribution in [0.25, 0.3) is 0 Å². The Morgan fingerprint density at radius 1 is 1.32 bits per heavy atom. The lowest BCUT2D eigenvalue weighted by atomic mass is 9.95. The highest BCUT2D eigenvalue weighted by Crippen LogP contribution is 2.38. The third-order valence-electron chi connectivity index (χ3n) is 4.06. The number of alkyl halides is 3. The fourth-order valence-electron chi connectivity index (χ4n) is 2.83. The van der Waals surface area contributed by atoms with Crippen LogP contribution in [0.15, 0.2) is 5.16 Å².